The summed E-state index contributed by atoms with van der Waals surface area (Å²) in [6.07, 6.45) is 1.64. The predicted molar refractivity (Wildman–Crippen MR) is 127 cm³/mol. The van der Waals surface area contributed by atoms with E-state index in [9.17, 15) is 9.59 Å². The first-order valence-corrected chi connectivity index (χ1v) is 10.8. The Labute approximate surface area is 192 Å². The number of anilines is 1. The number of nitrogens with zero attached hydrogens (tertiary/aromatic N) is 1. The number of carbonyl (C=O) groups is 2. The van der Waals surface area contributed by atoms with Crippen molar-refractivity contribution in [1.29, 1.82) is 0 Å². The van der Waals surface area contributed by atoms with E-state index in [4.69, 9.17) is 14.9 Å². The lowest BCUT2D eigenvalue weighted by Gasteiger charge is -2.04. The number of hydrogen-bond acceptors (Lipinski definition) is 6. The van der Waals surface area contributed by atoms with Gasteiger partial charge in [0.2, 0.25) is 5.76 Å². The normalized spacial score (nSPS) is 10.9. The van der Waals surface area contributed by atoms with E-state index in [-0.39, 0.29) is 11.5 Å². The molecule has 0 atom stereocenters. The Balaban J connectivity index is 1.50. The third-order valence-electron chi connectivity index (χ3n) is 5.13. The summed E-state index contributed by atoms with van der Waals surface area (Å²) >= 11 is 1.26. The fourth-order valence-corrected chi connectivity index (χ4v) is 4.27. The number of nitrogens with two attached hydrogens (primary N) is 1. The molecule has 0 unspecified atom stereocenters. The zero-order valence-corrected chi connectivity index (χ0v) is 18.2. The van der Waals surface area contributed by atoms with Gasteiger partial charge in [0.25, 0.3) is 11.8 Å². The van der Waals surface area contributed by atoms with E-state index in [1.807, 2.05) is 42.5 Å². The van der Waals surface area contributed by atoms with Crippen molar-refractivity contribution in [3.05, 3.63) is 77.6 Å². The number of aromatic nitrogens is 2. The van der Waals surface area contributed by atoms with Gasteiger partial charge in [-0.05, 0) is 23.8 Å². The van der Waals surface area contributed by atoms with Crippen molar-refractivity contribution in [1.82, 2.24) is 9.97 Å². The molecule has 33 heavy (non-hydrogen) atoms. The molecule has 0 saturated carbocycles. The second-order valence-electron chi connectivity index (χ2n) is 7.19. The Morgan fingerprint density at radius 1 is 1.12 bits per heavy atom. The number of fused-ring (bicyclic) bond motifs is 1. The Bertz CT molecular complexity index is 1480. The predicted octanol–water partition coefficient (Wildman–Crippen LogP) is 4.91. The van der Waals surface area contributed by atoms with Gasteiger partial charge in [-0.15, -0.1) is 11.3 Å². The quantitative estimate of drug-likeness (QED) is 0.334. The molecule has 0 spiro atoms. The Morgan fingerprint density at radius 3 is 2.67 bits per heavy atom. The molecule has 0 aliphatic heterocycles. The minimum absolute atomic E-state index is 0.180. The third-order valence-corrected chi connectivity index (χ3v) is 5.89. The molecule has 164 valence electrons. The van der Waals surface area contributed by atoms with E-state index in [0.29, 0.717) is 33.3 Å². The van der Waals surface area contributed by atoms with Gasteiger partial charge < -0.3 is 19.9 Å². The van der Waals surface area contributed by atoms with Crippen LogP contribution in [0, 0.1) is 0 Å². The molecular formula is C24H18N4O4S. The summed E-state index contributed by atoms with van der Waals surface area (Å²) in [4.78, 5) is 31.8. The van der Waals surface area contributed by atoms with Gasteiger partial charge in [0.1, 0.15) is 17.0 Å². The lowest BCUT2D eigenvalue weighted by atomic mass is 10.0. The highest BCUT2D eigenvalue weighted by atomic mass is 32.1. The number of amides is 2. The number of nitrogens with one attached hydrogen (secondary N) is 2. The zero-order valence-electron chi connectivity index (χ0n) is 17.4. The third kappa shape index (κ3) is 3.85. The summed E-state index contributed by atoms with van der Waals surface area (Å²) in [6, 6.07) is 16.6. The monoisotopic (exact) mass is 458 g/mol. The van der Waals surface area contributed by atoms with Crippen LogP contribution in [0.5, 0.6) is 5.75 Å². The van der Waals surface area contributed by atoms with Crippen LogP contribution in [0.15, 0.2) is 70.6 Å². The van der Waals surface area contributed by atoms with Gasteiger partial charge in [-0.2, -0.15) is 0 Å². The van der Waals surface area contributed by atoms with E-state index < -0.39 is 11.8 Å². The van der Waals surface area contributed by atoms with E-state index in [2.05, 4.69) is 15.3 Å². The molecule has 5 rings (SSSR count). The van der Waals surface area contributed by atoms with Crippen LogP contribution in [0.2, 0.25) is 0 Å². The van der Waals surface area contributed by atoms with Crippen molar-refractivity contribution in [2.24, 2.45) is 5.73 Å². The Morgan fingerprint density at radius 2 is 1.94 bits per heavy atom. The number of H-pyrrole nitrogens is 1. The number of benzene rings is 2. The number of thiazole rings is 1. The highest BCUT2D eigenvalue weighted by Gasteiger charge is 2.23. The van der Waals surface area contributed by atoms with Crippen LogP contribution < -0.4 is 15.8 Å². The van der Waals surface area contributed by atoms with Crippen LogP contribution in [0.1, 0.15) is 21.0 Å². The fourth-order valence-electron chi connectivity index (χ4n) is 3.56. The number of furan rings is 1. The maximum Gasteiger partial charge on any atom is 0.293 e. The molecule has 0 saturated heterocycles. The van der Waals surface area contributed by atoms with Crippen molar-refractivity contribution in [2.75, 3.05) is 12.4 Å². The second-order valence-corrected chi connectivity index (χ2v) is 8.05. The van der Waals surface area contributed by atoms with Crippen molar-refractivity contribution < 1.29 is 18.7 Å². The Kier molecular flexibility index (Phi) is 5.15. The van der Waals surface area contributed by atoms with Gasteiger partial charge in [-0.1, -0.05) is 30.3 Å². The SMILES string of the molecule is COc1ccc2c(-c3ccccc3)c(C(=O)Nc3nc(-c4c[nH]c(C(N)=O)c4)cs3)oc2c1. The van der Waals surface area contributed by atoms with Crippen molar-refractivity contribution in [2.45, 2.75) is 0 Å². The maximum atomic E-state index is 13.2. The molecule has 3 heterocycles. The van der Waals surface area contributed by atoms with E-state index in [1.54, 1.807) is 30.8 Å². The lowest BCUT2D eigenvalue weighted by Crippen LogP contribution is -2.11. The van der Waals surface area contributed by atoms with Crippen LogP contribution in [-0.4, -0.2) is 28.9 Å². The molecule has 5 aromatic rings. The summed E-state index contributed by atoms with van der Waals surface area (Å²) in [7, 11) is 1.58. The summed E-state index contributed by atoms with van der Waals surface area (Å²) in [5.74, 6) is -0.162. The van der Waals surface area contributed by atoms with Crippen molar-refractivity contribution >= 4 is 39.3 Å². The van der Waals surface area contributed by atoms with Gasteiger partial charge in [0, 0.05) is 34.2 Å². The largest absolute Gasteiger partial charge is 0.497 e. The highest BCUT2D eigenvalue weighted by molar-refractivity contribution is 7.14. The average molecular weight is 458 g/mol. The van der Waals surface area contributed by atoms with Gasteiger partial charge >= 0.3 is 0 Å². The lowest BCUT2D eigenvalue weighted by molar-refractivity contribution is 0.0990. The molecule has 0 radical (unpaired) electrons. The summed E-state index contributed by atoms with van der Waals surface area (Å²) in [5.41, 5.74) is 8.98. The molecule has 4 N–H and O–H groups in total. The molecule has 3 aromatic heterocycles. The summed E-state index contributed by atoms with van der Waals surface area (Å²) in [5, 5.41) is 5.80. The van der Waals surface area contributed by atoms with E-state index in [0.717, 1.165) is 10.9 Å². The molecule has 0 aliphatic rings. The van der Waals surface area contributed by atoms with Gasteiger partial charge in [-0.3, -0.25) is 14.9 Å². The minimum atomic E-state index is -0.556. The number of aromatic amines is 1. The van der Waals surface area contributed by atoms with Crippen molar-refractivity contribution in [3.63, 3.8) is 0 Å². The first-order chi connectivity index (χ1) is 16.0. The highest BCUT2D eigenvalue weighted by Crippen LogP contribution is 2.37. The fraction of sp³-hybridized carbons (Fsp3) is 0.0417. The zero-order chi connectivity index (χ0) is 22.9. The summed E-state index contributed by atoms with van der Waals surface area (Å²) < 4.78 is 11.3. The second kappa shape index (κ2) is 8.29. The smallest absolute Gasteiger partial charge is 0.293 e. The number of ether oxygens (including phenoxy) is 1. The number of carbonyl (C=O) groups excluding carboxylic acids is 2. The molecule has 8 nitrogen and oxygen atoms in total. The molecular weight excluding hydrogens is 440 g/mol. The topological polar surface area (TPSA) is 123 Å². The number of rotatable bonds is 6. The average Bonchev–Trinajstić information content (AvgIpc) is 3.57. The minimum Gasteiger partial charge on any atom is -0.497 e. The molecule has 2 amide bonds. The molecule has 0 bridgehead atoms. The van der Waals surface area contributed by atoms with Gasteiger partial charge in [-0.25, -0.2) is 4.98 Å². The van der Waals surface area contributed by atoms with Crippen molar-refractivity contribution in [3.8, 4) is 28.1 Å². The van der Waals surface area contributed by atoms with Crippen LogP contribution in [-0.2, 0) is 0 Å². The number of hydrogen-bond donors (Lipinski definition) is 3. The van der Waals surface area contributed by atoms with Gasteiger partial charge in [0.05, 0.1) is 12.8 Å². The maximum absolute atomic E-state index is 13.2. The Hall–Kier alpha value is -4.37. The van der Waals surface area contributed by atoms with Crippen LogP contribution in [0.25, 0.3) is 33.4 Å². The summed E-state index contributed by atoms with van der Waals surface area (Å²) in [6.45, 7) is 0. The van der Waals surface area contributed by atoms with Crippen LogP contribution in [0.4, 0.5) is 5.13 Å². The molecule has 0 fully saturated rings. The van der Waals surface area contributed by atoms with E-state index >= 15 is 0 Å². The molecule has 9 heteroatoms. The molecule has 2 aromatic carbocycles. The van der Waals surface area contributed by atoms with Gasteiger partial charge in [0.15, 0.2) is 5.13 Å². The number of methoxy groups -OCH3 is 1. The first-order valence-electron chi connectivity index (χ1n) is 9.95. The first kappa shape index (κ1) is 20.5. The number of primary amides is 1. The van der Waals surface area contributed by atoms with E-state index in [1.165, 1.54) is 11.3 Å². The standard InChI is InChI=1S/C24H18N4O4S/c1-31-15-7-8-16-19(10-15)32-21(20(16)13-5-3-2-4-6-13)23(30)28-24-27-18(12-33-24)14-9-17(22(25)29)26-11-14/h2-12,26H,1H3,(H2,25,29)(H,27,28,30). The molecule has 0 aliphatic carbocycles. The van der Waals surface area contributed by atoms with Crippen LogP contribution in [0.3, 0.4) is 0 Å². The van der Waals surface area contributed by atoms with Crippen LogP contribution >= 0.6 is 11.3 Å².